The van der Waals surface area contributed by atoms with Crippen molar-refractivity contribution >= 4 is 5.69 Å². The van der Waals surface area contributed by atoms with Gasteiger partial charge < -0.3 is 5.32 Å². The van der Waals surface area contributed by atoms with Crippen molar-refractivity contribution in [3.63, 3.8) is 0 Å². The van der Waals surface area contributed by atoms with Crippen LogP contribution in [-0.4, -0.2) is 0 Å². The lowest BCUT2D eigenvalue weighted by molar-refractivity contribution is 0.828. The van der Waals surface area contributed by atoms with E-state index in [1.165, 1.54) is 12.8 Å². The molecule has 0 amide bonds. The van der Waals surface area contributed by atoms with Crippen LogP contribution in [0.2, 0.25) is 0 Å². The Morgan fingerprint density at radius 2 is 2.00 bits per heavy atom. The van der Waals surface area contributed by atoms with Crippen molar-refractivity contribution in [1.82, 2.24) is 0 Å². The van der Waals surface area contributed by atoms with Crippen LogP contribution in [0.15, 0.2) is 30.3 Å². The van der Waals surface area contributed by atoms with Gasteiger partial charge in [-0.05, 0) is 18.6 Å². The minimum absolute atomic E-state index is 0.982. The number of nitrogens with one attached hydrogen (secondary N) is 1. The first kappa shape index (κ1) is 9.67. The molecule has 0 unspecified atom stereocenters. The fourth-order valence-electron chi connectivity index (χ4n) is 0.966. The van der Waals surface area contributed by atoms with E-state index in [0.29, 0.717) is 0 Å². The van der Waals surface area contributed by atoms with E-state index in [1.54, 1.807) is 0 Å². The highest BCUT2D eigenvalue weighted by atomic mass is 14.8. The minimum Gasteiger partial charge on any atom is -0.315 e. The van der Waals surface area contributed by atoms with Gasteiger partial charge in [0.2, 0.25) is 0 Å². The highest BCUT2D eigenvalue weighted by molar-refractivity contribution is 5.47. The maximum absolute atomic E-state index is 3.07. The summed E-state index contributed by atoms with van der Waals surface area (Å²) in [5.41, 5.74) is 1.06. The summed E-state index contributed by atoms with van der Waals surface area (Å²) in [5, 5.41) is 3.04. The van der Waals surface area contributed by atoms with Gasteiger partial charge in [0.15, 0.2) is 0 Å². The SMILES string of the molecule is CCCCC#CNc1ccccc1. The van der Waals surface area contributed by atoms with Gasteiger partial charge in [0.05, 0.1) is 0 Å². The number of anilines is 1. The Morgan fingerprint density at radius 3 is 2.69 bits per heavy atom. The Kier molecular flexibility index (Phi) is 4.56. The molecule has 0 aliphatic carbocycles. The van der Waals surface area contributed by atoms with Crippen molar-refractivity contribution < 1.29 is 0 Å². The van der Waals surface area contributed by atoms with Crippen molar-refractivity contribution in [2.45, 2.75) is 26.2 Å². The predicted molar refractivity (Wildman–Crippen MR) is 57.4 cm³/mol. The van der Waals surface area contributed by atoms with Crippen LogP contribution < -0.4 is 5.32 Å². The molecule has 1 rings (SSSR count). The van der Waals surface area contributed by atoms with Crippen LogP contribution in [0, 0.1) is 12.0 Å². The molecule has 0 atom stereocenters. The van der Waals surface area contributed by atoms with Crippen LogP contribution in [0.1, 0.15) is 26.2 Å². The fourth-order valence-corrected chi connectivity index (χ4v) is 0.966. The minimum atomic E-state index is 0.982. The molecule has 68 valence electrons. The Hall–Kier alpha value is -1.42. The van der Waals surface area contributed by atoms with Crippen LogP contribution in [0.3, 0.4) is 0 Å². The summed E-state index contributed by atoms with van der Waals surface area (Å²) in [7, 11) is 0. The van der Waals surface area contributed by atoms with Crippen LogP contribution in [0.25, 0.3) is 0 Å². The Labute approximate surface area is 80.2 Å². The van der Waals surface area contributed by atoms with Gasteiger partial charge in [-0.15, -0.1) is 0 Å². The van der Waals surface area contributed by atoms with Gasteiger partial charge in [0, 0.05) is 18.2 Å². The lowest BCUT2D eigenvalue weighted by atomic mass is 10.3. The summed E-state index contributed by atoms with van der Waals surface area (Å²) in [6.45, 7) is 2.17. The highest BCUT2D eigenvalue weighted by Crippen LogP contribution is 2.03. The lowest BCUT2D eigenvalue weighted by Gasteiger charge is -1.94. The second-order valence-corrected chi connectivity index (χ2v) is 2.90. The molecule has 1 aromatic carbocycles. The molecule has 1 N–H and O–H groups in total. The third-order valence-electron chi connectivity index (χ3n) is 1.72. The standard InChI is InChI=1S/C12H15N/c1-2-3-4-8-11-13-12-9-6-5-7-10-12/h5-7,9-10,13H,2-4H2,1H3. The van der Waals surface area contributed by atoms with Crippen LogP contribution >= 0.6 is 0 Å². The van der Waals surface area contributed by atoms with E-state index in [2.05, 4.69) is 24.2 Å². The maximum atomic E-state index is 3.07. The van der Waals surface area contributed by atoms with Gasteiger partial charge in [0.25, 0.3) is 0 Å². The molecule has 0 heterocycles. The van der Waals surface area contributed by atoms with E-state index in [9.17, 15) is 0 Å². The van der Waals surface area contributed by atoms with Gasteiger partial charge in [-0.1, -0.05) is 37.5 Å². The third kappa shape index (κ3) is 4.22. The quantitative estimate of drug-likeness (QED) is 0.420. The van der Waals surface area contributed by atoms with E-state index in [-0.39, 0.29) is 0 Å². The third-order valence-corrected chi connectivity index (χ3v) is 1.72. The number of benzene rings is 1. The molecule has 0 aliphatic rings. The van der Waals surface area contributed by atoms with Gasteiger partial charge in [-0.25, -0.2) is 0 Å². The van der Waals surface area contributed by atoms with E-state index in [1.807, 2.05) is 30.3 Å². The van der Waals surface area contributed by atoms with Crippen molar-refractivity contribution in [2.75, 3.05) is 5.32 Å². The molecule has 0 aliphatic heterocycles. The number of rotatable bonds is 3. The molecule has 0 saturated heterocycles. The smallest absolute Gasteiger partial charge is 0.0459 e. The summed E-state index contributed by atoms with van der Waals surface area (Å²) in [6.07, 6.45) is 3.37. The Bertz CT molecular complexity index is 279. The van der Waals surface area contributed by atoms with Crippen molar-refractivity contribution in [2.24, 2.45) is 0 Å². The predicted octanol–water partition coefficient (Wildman–Crippen LogP) is 3.25. The number of hydrogen-bond acceptors (Lipinski definition) is 1. The lowest BCUT2D eigenvalue weighted by Crippen LogP contribution is -1.86. The zero-order valence-corrected chi connectivity index (χ0v) is 8.01. The molecule has 0 radical (unpaired) electrons. The largest absolute Gasteiger partial charge is 0.315 e. The summed E-state index contributed by atoms with van der Waals surface area (Å²) in [4.78, 5) is 0. The monoisotopic (exact) mass is 173 g/mol. The zero-order chi connectivity index (χ0) is 9.36. The second-order valence-electron chi connectivity index (χ2n) is 2.90. The fraction of sp³-hybridized carbons (Fsp3) is 0.333. The first-order chi connectivity index (χ1) is 6.43. The van der Waals surface area contributed by atoms with Gasteiger partial charge in [-0.3, -0.25) is 0 Å². The average Bonchev–Trinajstić information content (AvgIpc) is 2.19. The molecule has 1 heteroatoms. The molecule has 0 saturated carbocycles. The zero-order valence-electron chi connectivity index (χ0n) is 8.01. The molecule has 0 bridgehead atoms. The summed E-state index contributed by atoms with van der Waals surface area (Å²) in [5.74, 6) is 3.07. The molecule has 0 spiro atoms. The van der Waals surface area contributed by atoms with Gasteiger partial charge >= 0.3 is 0 Å². The molecule has 13 heavy (non-hydrogen) atoms. The first-order valence-electron chi connectivity index (χ1n) is 4.72. The molecule has 0 aromatic heterocycles. The first-order valence-corrected chi connectivity index (χ1v) is 4.72. The van der Waals surface area contributed by atoms with Crippen molar-refractivity contribution in [3.05, 3.63) is 30.3 Å². The molecular weight excluding hydrogens is 158 g/mol. The summed E-state index contributed by atoms with van der Waals surface area (Å²) >= 11 is 0. The molecular formula is C12H15N. The highest BCUT2D eigenvalue weighted by Gasteiger charge is 1.82. The van der Waals surface area contributed by atoms with Crippen LogP contribution in [0.5, 0.6) is 0 Å². The topological polar surface area (TPSA) is 12.0 Å². The molecule has 1 nitrogen and oxygen atoms in total. The molecule has 1 aromatic rings. The Morgan fingerprint density at radius 1 is 1.23 bits per heavy atom. The normalized spacial score (nSPS) is 8.69. The Balaban J connectivity index is 2.29. The van der Waals surface area contributed by atoms with Crippen LogP contribution in [0.4, 0.5) is 5.69 Å². The van der Waals surface area contributed by atoms with E-state index in [4.69, 9.17) is 0 Å². The second kappa shape index (κ2) is 6.14. The molecule has 0 fully saturated rings. The van der Waals surface area contributed by atoms with Crippen LogP contribution in [-0.2, 0) is 0 Å². The maximum Gasteiger partial charge on any atom is 0.0459 e. The average molecular weight is 173 g/mol. The van der Waals surface area contributed by atoms with E-state index >= 15 is 0 Å². The number of unbranched alkanes of at least 4 members (excludes halogenated alkanes) is 2. The number of hydrogen-bond donors (Lipinski definition) is 1. The summed E-state index contributed by atoms with van der Waals surface area (Å²) in [6, 6.07) is 12.9. The van der Waals surface area contributed by atoms with Gasteiger partial charge in [0.1, 0.15) is 0 Å². The summed E-state index contributed by atoms with van der Waals surface area (Å²) < 4.78 is 0. The van der Waals surface area contributed by atoms with Crippen molar-refractivity contribution in [3.8, 4) is 12.0 Å². The van der Waals surface area contributed by atoms with E-state index in [0.717, 1.165) is 12.1 Å². The van der Waals surface area contributed by atoms with Crippen molar-refractivity contribution in [1.29, 1.82) is 0 Å². The van der Waals surface area contributed by atoms with E-state index < -0.39 is 0 Å². The van der Waals surface area contributed by atoms with Gasteiger partial charge in [-0.2, -0.15) is 0 Å². The number of para-hydroxylation sites is 1.